The Balaban J connectivity index is 1.79. The van der Waals surface area contributed by atoms with Crippen LogP contribution in [0.15, 0.2) is 36.4 Å². The number of anilines is 1. The highest BCUT2D eigenvalue weighted by Gasteiger charge is 2.11. The van der Waals surface area contributed by atoms with Crippen molar-refractivity contribution in [3.05, 3.63) is 58.4 Å². The quantitative estimate of drug-likeness (QED) is 0.793. The van der Waals surface area contributed by atoms with E-state index in [9.17, 15) is 14.0 Å². The highest BCUT2D eigenvalue weighted by atomic mass is 35.5. The molecule has 1 N–H and O–H groups in total. The van der Waals surface area contributed by atoms with Gasteiger partial charge in [-0.1, -0.05) is 23.7 Å². The summed E-state index contributed by atoms with van der Waals surface area (Å²) in [5.74, 6) is -1.20. The van der Waals surface area contributed by atoms with Gasteiger partial charge >= 0.3 is 5.97 Å². The number of rotatable bonds is 6. The van der Waals surface area contributed by atoms with Crippen LogP contribution in [0.3, 0.4) is 0 Å². The Morgan fingerprint density at radius 2 is 1.88 bits per heavy atom. The summed E-state index contributed by atoms with van der Waals surface area (Å²) in [6.45, 7) is 2.97. The molecule has 2 rings (SSSR count). The molecule has 0 aliphatic rings. The SMILES string of the molecule is Cc1ccc(C)c(OCC(=O)OCC(=O)Nc2ccc(F)cc2Cl)c1. The molecule has 0 bridgehead atoms. The van der Waals surface area contributed by atoms with Crippen LogP contribution in [0, 0.1) is 19.7 Å². The zero-order valence-electron chi connectivity index (χ0n) is 13.8. The summed E-state index contributed by atoms with van der Waals surface area (Å²) in [5.41, 5.74) is 2.13. The van der Waals surface area contributed by atoms with Crippen LogP contribution >= 0.6 is 11.6 Å². The molecule has 2 aromatic carbocycles. The molecule has 2 aromatic rings. The third kappa shape index (κ3) is 5.76. The lowest BCUT2D eigenvalue weighted by molar-refractivity contribution is -0.149. The van der Waals surface area contributed by atoms with Crippen LogP contribution < -0.4 is 10.1 Å². The monoisotopic (exact) mass is 365 g/mol. The summed E-state index contributed by atoms with van der Waals surface area (Å²) in [5, 5.41) is 2.48. The Bertz CT molecular complexity index is 795. The van der Waals surface area contributed by atoms with Crippen LogP contribution in [-0.2, 0) is 14.3 Å². The molecule has 1 amide bonds. The number of benzene rings is 2. The zero-order valence-corrected chi connectivity index (χ0v) is 14.5. The normalized spacial score (nSPS) is 10.2. The van der Waals surface area contributed by atoms with E-state index in [1.807, 2.05) is 32.0 Å². The molecular formula is C18H17ClFNO4. The van der Waals surface area contributed by atoms with Crippen molar-refractivity contribution in [1.29, 1.82) is 0 Å². The molecule has 0 aliphatic heterocycles. The van der Waals surface area contributed by atoms with Gasteiger partial charge in [-0.25, -0.2) is 9.18 Å². The summed E-state index contributed by atoms with van der Waals surface area (Å²) in [7, 11) is 0. The van der Waals surface area contributed by atoms with E-state index in [0.717, 1.165) is 23.3 Å². The third-order valence-electron chi connectivity index (χ3n) is 3.26. The summed E-state index contributed by atoms with van der Waals surface area (Å²) in [6, 6.07) is 9.18. The second-order valence-electron chi connectivity index (χ2n) is 5.39. The Morgan fingerprint density at radius 1 is 1.12 bits per heavy atom. The number of carbonyl (C=O) groups is 2. The Hall–Kier alpha value is -2.60. The van der Waals surface area contributed by atoms with Gasteiger partial charge < -0.3 is 14.8 Å². The summed E-state index contributed by atoms with van der Waals surface area (Å²) < 4.78 is 23.2. The Morgan fingerprint density at radius 3 is 2.60 bits per heavy atom. The fraction of sp³-hybridized carbons (Fsp3) is 0.222. The molecule has 0 unspecified atom stereocenters. The number of halogens is 2. The van der Waals surface area contributed by atoms with E-state index >= 15 is 0 Å². The predicted octanol–water partition coefficient (Wildman–Crippen LogP) is 3.66. The summed E-state index contributed by atoms with van der Waals surface area (Å²) in [6.07, 6.45) is 0. The van der Waals surface area contributed by atoms with Crippen molar-refractivity contribution in [3.63, 3.8) is 0 Å². The molecule has 0 aliphatic carbocycles. The first-order chi connectivity index (χ1) is 11.8. The van der Waals surface area contributed by atoms with Gasteiger partial charge in [-0.05, 0) is 49.2 Å². The number of carbonyl (C=O) groups excluding carboxylic acids is 2. The topological polar surface area (TPSA) is 64.6 Å². The molecular weight excluding hydrogens is 349 g/mol. The molecule has 0 spiro atoms. The van der Waals surface area contributed by atoms with Crippen molar-refractivity contribution in [2.45, 2.75) is 13.8 Å². The minimum absolute atomic E-state index is 0.0536. The van der Waals surface area contributed by atoms with Crippen LogP contribution in [0.5, 0.6) is 5.75 Å². The standard InChI is InChI=1S/C18H17ClFNO4/c1-11-3-4-12(2)16(7-11)24-10-18(23)25-9-17(22)21-15-6-5-13(20)8-14(15)19/h3-8H,9-10H2,1-2H3,(H,21,22). The van der Waals surface area contributed by atoms with Crippen molar-refractivity contribution in [1.82, 2.24) is 0 Å². The smallest absolute Gasteiger partial charge is 0.344 e. The highest BCUT2D eigenvalue weighted by Crippen LogP contribution is 2.22. The Labute approximate surface area is 149 Å². The van der Waals surface area contributed by atoms with Crippen LogP contribution in [0.25, 0.3) is 0 Å². The van der Waals surface area contributed by atoms with Crippen molar-refractivity contribution >= 4 is 29.2 Å². The van der Waals surface area contributed by atoms with Crippen LogP contribution in [0.2, 0.25) is 5.02 Å². The minimum Gasteiger partial charge on any atom is -0.482 e. The lowest BCUT2D eigenvalue weighted by atomic mass is 10.1. The van der Waals surface area contributed by atoms with E-state index < -0.39 is 24.3 Å². The van der Waals surface area contributed by atoms with Gasteiger partial charge in [0, 0.05) is 0 Å². The van der Waals surface area contributed by atoms with Gasteiger partial charge in [0.05, 0.1) is 10.7 Å². The highest BCUT2D eigenvalue weighted by molar-refractivity contribution is 6.33. The van der Waals surface area contributed by atoms with Crippen LogP contribution in [-0.4, -0.2) is 25.1 Å². The molecule has 0 saturated carbocycles. The maximum atomic E-state index is 12.9. The molecule has 0 atom stereocenters. The number of amides is 1. The van der Waals surface area contributed by atoms with E-state index in [1.165, 1.54) is 6.07 Å². The van der Waals surface area contributed by atoms with Gasteiger partial charge in [-0.3, -0.25) is 4.79 Å². The van der Waals surface area contributed by atoms with E-state index in [-0.39, 0.29) is 17.3 Å². The van der Waals surface area contributed by atoms with Crippen LogP contribution in [0.1, 0.15) is 11.1 Å². The second-order valence-corrected chi connectivity index (χ2v) is 5.80. The summed E-state index contributed by atoms with van der Waals surface area (Å²) >= 11 is 5.80. The van der Waals surface area contributed by atoms with Gasteiger partial charge in [0.1, 0.15) is 11.6 Å². The van der Waals surface area contributed by atoms with Gasteiger partial charge in [0.15, 0.2) is 13.2 Å². The first kappa shape index (κ1) is 18.7. The molecule has 7 heteroatoms. The first-order valence-corrected chi connectivity index (χ1v) is 7.83. The van der Waals surface area contributed by atoms with Crippen LogP contribution in [0.4, 0.5) is 10.1 Å². The predicted molar refractivity (Wildman–Crippen MR) is 92.4 cm³/mol. The largest absolute Gasteiger partial charge is 0.482 e. The third-order valence-corrected chi connectivity index (χ3v) is 3.57. The number of aryl methyl sites for hydroxylation is 2. The molecule has 0 radical (unpaired) electrons. The molecule has 0 saturated heterocycles. The molecule has 0 heterocycles. The number of ether oxygens (including phenoxy) is 2. The van der Waals surface area contributed by atoms with E-state index in [4.69, 9.17) is 21.1 Å². The van der Waals surface area contributed by atoms with Crippen molar-refractivity contribution in [2.24, 2.45) is 0 Å². The zero-order chi connectivity index (χ0) is 18.4. The molecule has 0 aromatic heterocycles. The molecule has 132 valence electrons. The fourth-order valence-electron chi connectivity index (χ4n) is 1.96. The van der Waals surface area contributed by atoms with Gasteiger partial charge in [0.25, 0.3) is 5.91 Å². The lowest BCUT2D eigenvalue weighted by Crippen LogP contribution is -2.23. The molecule has 5 nitrogen and oxygen atoms in total. The molecule has 25 heavy (non-hydrogen) atoms. The lowest BCUT2D eigenvalue weighted by Gasteiger charge is -2.10. The maximum Gasteiger partial charge on any atom is 0.344 e. The average molecular weight is 366 g/mol. The summed E-state index contributed by atoms with van der Waals surface area (Å²) in [4.78, 5) is 23.4. The molecule has 0 fully saturated rings. The van der Waals surface area contributed by atoms with E-state index in [0.29, 0.717) is 5.75 Å². The number of nitrogens with one attached hydrogen (secondary N) is 1. The van der Waals surface area contributed by atoms with Gasteiger partial charge in [0.2, 0.25) is 0 Å². The Kier molecular flexibility index (Phi) is 6.36. The minimum atomic E-state index is -0.679. The number of esters is 1. The second kappa shape index (κ2) is 8.48. The van der Waals surface area contributed by atoms with Crippen molar-refractivity contribution in [2.75, 3.05) is 18.5 Å². The number of hydrogen-bond donors (Lipinski definition) is 1. The van der Waals surface area contributed by atoms with E-state index in [2.05, 4.69) is 5.32 Å². The average Bonchev–Trinajstić information content (AvgIpc) is 2.56. The van der Waals surface area contributed by atoms with E-state index in [1.54, 1.807) is 0 Å². The van der Waals surface area contributed by atoms with Crippen molar-refractivity contribution < 1.29 is 23.5 Å². The maximum absolute atomic E-state index is 12.9. The first-order valence-electron chi connectivity index (χ1n) is 7.45. The fourth-order valence-corrected chi connectivity index (χ4v) is 2.18. The van der Waals surface area contributed by atoms with Crippen molar-refractivity contribution in [3.8, 4) is 5.75 Å². The van der Waals surface area contributed by atoms with Gasteiger partial charge in [-0.15, -0.1) is 0 Å². The van der Waals surface area contributed by atoms with Gasteiger partial charge in [-0.2, -0.15) is 0 Å². The number of hydrogen-bond acceptors (Lipinski definition) is 4.